The van der Waals surface area contributed by atoms with Gasteiger partial charge in [-0.1, -0.05) is 0 Å². The monoisotopic (exact) mass is 318 g/mol. The van der Waals surface area contributed by atoms with Gasteiger partial charge in [0.2, 0.25) is 5.91 Å². The Morgan fingerprint density at radius 3 is 3.00 bits per heavy atom. The quantitative estimate of drug-likeness (QED) is 0.848. The molecular weight excluding hydrogens is 296 g/mol. The fourth-order valence-corrected chi connectivity index (χ4v) is 3.07. The number of carbonyl (C=O) groups excluding carboxylic acids is 1. The average Bonchev–Trinajstić information content (AvgIpc) is 2.92. The number of nitrogens with zero attached hydrogens (tertiary/aromatic N) is 1. The molecule has 20 heavy (non-hydrogen) atoms. The van der Waals surface area contributed by atoms with Crippen molar-refractivity contribution >= 4 is 29.7 Å². The highest BCUT2D eigenvalue weighted by Crippen LogP contribution is 2.27. The Morgan fingerprint density at radius 2 is 2.35 bits per heavy atom. The summed E-state index contributed by atoms with van der Waals surface area (Å²) in [6.07, 6.45) is 1.64. The topological polar surface area (TPSA) is 41.6 Å². The number of morpholine rings is 1. The van der Waals surface area contributed by atoms with Gasteiger partial charge in [0.1, 0.15) is 6.10 Å². The second-order valence-electron chi connectivity index (χ2n) is 5.00. The molecule has 1 fully saturated rings. The number of halogens is 1. The summed E-state index contributed by atoms with van der Waals surface area (Å²) in [5.74, 6) is 0.241. The zero-order valence-electron chi connectivity index (χ0n) is 12.0. The minimum atomic E-state index is 0. The SMILES string of the molecule is CNCCCC(=O)N1CC(C)OC(c2ccsc2)C1.Cl. The van der Waals surface area contributed by atoms with E-state index in [1.807, 2.05) is 18.9 Å². The third kappa shape index (κ3) is 4.74. The van der Waals surface area contributed by atoms with Crippen LogP contribution in [0.4, 0.5) is 0 Å². The Kier molecular flexibility index (Phi) is 7.51. The van der Waals surface area contributed by atoms with E-state index in [4.69, 9.17) is 4.74 Å². The number of thiophene rings is 1. The smallest absolute Gasteiger partial charge is 0.222 e. The second kappa shape index (κ2) is 8.62. The van der Waals surface area contributed by atoms with Crippen LogP contribution in [0.1, 0.15) is 31.4 Å². The molecule has 2 unspecified atom stereocenters. The van der Waals surface area contributed by atoms with Gasteiger partial charge in [-0.05, 0) is 49.3 Å². The molecule has 0 aliphatic carbocycles. The summed E-state index contributed by atoms with van der Waals surface area (Å²) in [5.41, 5.74) is 1.18. The van der Waals surface area contributed by atoms with Crippen molar-refractivity contribution in [1.29, 1.82) is 0 Å². The number of ether oxygens (including phenoxy) is 1. The molecule has 2 atom stereocenters. The molecule has 114 valence electrons. The third-order valence-electron chi connectivity index (χ3n) is 3.35. The summed E-state index contributed by atoms with van der Waals surface area (Å²) in [5, 5.41) is 7.23. The molecule has 2 rings (SSSR count). The molecule has 1 N–H and O–H groups in total. The molecule has 1 saturated heterocycles. The number of carbonyl (C=O) groups is 1. The van der Waals surface area contributed by atoms with Crippen LogP contribution in [0, 0.1) is 0 Å². The fourth-order valence-electron chi connectivity index (χ4n) is 2.37. The Labute approximate surface area is 130 Å². The lowest BCUT2D eigenvalue weighted by molar-refractivity contribution is -0.144. The van der Waals surface area contributed by atoms with Crippen LogP contribution in [0.25, 0.3) is 0 Å². The van der Waals surface area contributed by atoms with Crippen molar-refractivity contribution in [2.75, 3.05) is 26.7 Å². The Balaban J connectivity index is 0.00000200. The molecule has 4 nitrogen and oxygen atoms in total. The zero-order chi connectivity index (χ0) is 13.7. The van der Waals surface area contributed by atoms with E-state index in [1.165, 1.54) is 5.56 Å². The van der Waals surface area contributed by atoms with Crippen molar-refractivity contribution in [3.63, 3.8) is 0 Å². The second-order valence-corrected chi connectivity index (χ2v) is 5.78. The van der Waals surface area contributed by atoms with E-state index in [9.17, 15) is 4.79 Å². The predicted molar refractivity (Wildman–Crippen MR) is 84.6 cm³/mol. The summed E-state index contributed by atoms with van der Waals surface area (Å²) in [6.45, 7) is 4.31. The lowest BCUT2D eigenvalue weighted by atomic mass is 10.1. The average molecular weight is 319 g/mol. The van der Waals surface area contributed by atoms with E-state index in [-0.39, 0.29) is 30.5 Å². The highest BCUT2D eigenvalue weighted by molar-refractivity contribution is 7.07. The van der Waals surface area contributed by atoms with Crippen LogP contribution in [-0.4, -0.2) is 43.6 Å². The summed E-state index contributed by atoms with van der Waals surface area (Å²) >= 11 is 1.67. The van der Waals surface area contributed by atoms with Crippen molar-refractivity contribution < 1.29 is 9.53 Å². The van der Waals surface area contributed by atoms with Gasteiger partial charge < -0.3 is 15.0 Å². The van der Waals surface area contributed by atoms with E-state index in [2.05, 4.69) is 22.1 Å². The van der Waals surface area contributed by atoms with Crippen molar-refractivity contribution in [3.05, 3.63) is 22.4 Å². The first-order valence-electron chi connectivity index (χ1n) is 6.80. The van der Waals surface area contributed by atoms with Crippen LogP contribution in [-0.2, 0) is 9.53 Å². The molecule has 0 bridgehead atoms. The maximum Gasteiger partial charge on any atom is 0.222 e. The van der Waals surface area contributed by atoms with Crippen LogP contribution in [0.5, 0.6) is 0 Å². The van der Waals surface area contributed by atoms with Gasteiger partial charge in [-0.15, -0.1) is 12.4 Å². The highest BCUT2D eigenvalue weighted by atomic mass is 35.5. The van der Waals surface area contributed by atoms with Crippen molar-refractivity contribution in [3.8, 4) is 0 Å². The molecule has 6 heteroatoms. The maximum absolute atomic E-state index is 12.2. The predicted octanol–water partition coefficient (Wildman–Crippen LogP) is 2.46. The molecule has 0 radical (unpaired) electrons. The van der Waals surface area contributed by atoms with Gasteiger partial charge in [0.05, 0.1) is 12.6 Å². The number of nitrogens with one attached hydrogen (secondary N) is 1. The number of hydrogen-bond donors (Lipinski definition) is 1. The van der Waals surface area contributed by atoms with Crippen molar-refractivity contribution in [1.82, 2.24) is 10.2 Å². The van der Waals surface area contributed by atoms with E-state index in [1.54, 1.807) is 11.3 Å². The van der Waals surface area contributed by atoms with Gasteiger partial charge >= 0.3 is 0 Å². The first-order chi connectivity index (χ1) is 9.20. The first kappa shape index (κ1) is 17.4. The lowest BCUT2D eigenvalue weighted by Gasteiger charge is -2.36. The van der Waals surface area contributed by atoms with Gasteiger partial charge in [0.15, 0.2) is 0 Å². The van der Waals surface area contributed by atoms with Crippen LogP contribution < -0.4 is 5.32 Å². The van der Waals surface area contributed by atoms with E-state index >= 15 is 0 Å². The molecule has 1 aromatic rings. The summed E-state index contributed by atoms with van der Waals surface area (Å²) in [6, 6.07) is 2.08. The Morgan fingerprint density at radius 1 is 1.55 bits per heavy atom. The molecule has 1 amide bonds. The van der Waals surface area contributed by atoms with E-state index < -0.39 is 0 Å². The van der Waals surface area contributed by atoms with Crippen LogP contribution in [0.15, 0.2) is 16.8 Å². The van der Waals surface area contributed by atoms with Crippen LogP contribution in [0.3, 0.4) is 0 Å². The molecule has 1 aliphatic heterocycles. The molecule has 1 aliphatic rings. The van der Waals surface area contributed by atoms with Crippen molar-refractivity contribution in [2.45, 2.75) is 32.0 Å². The van der Waals surface area contributed by atoms with E-state index in [0.717, 1.165) is 13.0 Å². The number of hydrogen-bond acceptors (Lipinski definition) is 4. The molecule has 0 saturated carbocycles. The molecule has 0 aromatic carbocycles. The largest absolute Gasteiger partial charge is 0.367 e. The molecule has 1 aromatic heterocycles. The van der Waals surface area contributed by atoms with Gasteiger partial charge in [-0.25, -0.2) is 0 Å². The summed E-state index contributed by atoms with van der Waals surface area (Å²) < 4.78 is 5.94. The third-order valence-corrected chi connectivity index (χ3v) is 4.05. The minimum Gasteiger partial charge on any atom is -0.367 e. The van der Waals surface area contributed by atoms with Gasteiger partial charge in [-0.3, -0.25) is 4.79 Å². The number of rotatable bonds is 5. The van der Waals surface area contributed by atoms with E-state index in [0.29, 0.717) is 19.5 Å². The lowest BCUT2D eigenvalue weighted by Crippen LogP contribution is -2.45. The molecule has 2 heterocycles. The zero-order valence-corrected chi connectivity index (χ0v) is 13.6. The maximum atomic E-state index is 12.2. The van der Waals surface area contributed by atoms with Crippen LogP contribution >= 0.6 is 23.7 Å². The normalized spacial score (nSPS) is 22.4. The summed E-state index contributed by atoms with van der Waals surface area (Å²) in [7, 11) is 1.91. The molecule has 0 spiro atoms. The van der Waals surface area contributed by atoms with Gasteiger partial charge in [0, 0.05) is 13.0 Å². The standard InChI is InChI=1S/C14H22N2O2S.ClH/c1-11-8-16(14(17)4-3-6-15-2)9-13(18-11)12-5-7-19-10-12;/h5,7,10-11,13,15H,3-4,6,8-9H2,1-2H3;1H. The van der Waals surface area contributed by atoms with Crippen molar-refractivity contribution in [2.24, 2.45) is 0 Å². The highest BCUT2D eigenvalue weighted by Gasteiger charge is 2.29. The van der Waals surface area contributed by atoms with Gasteiger partial charge in [-0.2, -0.15) is 11.3 Å². The Hall–Kier alpha value is -0.620. The first-order valence-corrected chi connectivity index (χ1v) is 7.75. The fraction of sp³-hybridized carbons (Fsp3) is 0.643. The van der Waals surface area contributed by atoms with Gasteiger partial charge in [0.25, 0.3) is 0 Å². The Bertz CT molecular complexity index is 400. The minimum absolute atomic E-state index is 0. The summed E-state index contributed by atoms with van der Waals surface area (Å²) in [4.78, 5) is 14.1. The van der Waals surface area contributed by atoms with Crippen LogP contribution in [0.2, 0.25) is 0 Å². The molecular formula is C14H23ClN2O2S. The number of amides is 1.